The number of carbonyl (C=O) groups is 1. The van der Waals surface area contributed by atoms with Crippen molar-refractivity contribution in [2.75, 3.05) is 18.8 Å². The zero-order valence-electron chi connectivity index (χ0n) is 17.4. The van der Waals surface area contributed by atoms with Crippen molar-refractivity contribution in [3.8, 4) is 11.4 Å². The van der Waals surface area contributed by atoms with E-state index in [2.05, 4.69) is 19.7 Å². The van der Waals surface area contributed by atoms with Crippen LogP contribution in [0.1, 0.15) is 42.1 Å². The van der Waals surface area contributed by atoms with Crippen LogP contribution in [0.15, 0.2) is 58.8 Å². The Hall–Kier alpha value is -2.56. The summed E-state index contributed by atoms with van der Waals surface area (Å²) >= 11 is 1.36. The second kappa shape index (κ2) is 8.76. The molecule has 1 saturated heterocycles. The van der Waals surface area contributed by atoms with Crippen molar-refractivity contribution in [2.24, 2.45) is 0 Å². The number of benzene rings is 1. The van der Waals surface area contributed by atoms with E-state index >= 15 is 0 Å². The molecule has 0 N–H and O–H groups in total. The van der Waals surface area contributed by atoms with Gasteiger partial charge in [0.05, 0.1) is 10.6 Å². The fourth-order valence-corrected chi connectivity index (χ4v) is 6.26. The highest BCUT2D eigenvalue weighted by atomic mass is 32.2. The van der Waals surface area contributed by atoms with Crippen LogP contribution < -0.4 is 0 Å². The van der Waals surface area contributed by atoms with E-state index < -0.39 is 10.0 Å². The SMILES string of the molecule is O=C(CSc1nnc(-c2ccncc2)n1C1CC1)c1ccc(S(=O)(=O)N2CCCC2)cc1. The summed E-state index contributed by atoms with van der Waals surface area (Å²) in [5.74, 6) is 0.927. The molecular formula is C22H23N5O3S2. The van der Waals surface area contributed by atoms with E-state index in [1.165, 1.54) is 28.2 Å². The van der Waals surface area contributed by atoms with E-state index in [0.717, 1.165) is 42.2 Å². The molecule has 1 saturated carbocycles. The molecule has 0 radical (unpaired) electrons. The fourth-order valence-electron chi connectivity index (χ4n) is 3.84. The monoisotopic (exact) mass is 469 g/mol. The lowest BCUT2D eigenvalue weighted by Gasteiger charge is -2.15. The summed E-state index contributed by atoms with van der Waals surface area (Å²) in [4.78, 5) is 17.1. The quantitative estimate of drug-likeness (QED) is 0.368. The summed E-state index contributed by atoms with van der Waals surface area (Å²) < 4.78 is 29.0. The van der Waals surface area contributed by atoms with Crippen molar-refractivity contribution in [1.82, 2.24) is 24.1 Å². The van der Waals surface area contributed by atoms with Gasteiger partial charge in [-0.05, 0) is 49.9 Å². The van der Waals surface area contributed by atoms with Crippen molar-refractivity contribution < 1.29 is 13.2 Å². The van der Waals surface area contributed by atoms with Crippen LogP contribution in [0, 0.1) is 0 Å². The van der Waals surface area contributed by atoms with Gasteiger partial charge in [0, 0.05) is 42.7 Å². The number of ketones is 1. The van der Waals surface area contributed by atoms with E-state index in [4.69, 9.17) is 0 Å². The number of hydrogen-bond donors (Lipinski definition) is 0. The molecule has 166 valence electrons. The number of carbonyl (C=O) groups excluding carboxylic acids is 1. The Kier molecular flexibility index (Phi) is 5.83. The third kappa shape index (κ3) is 4.22. The Morgan fingerprint density at radius 1 is 1.00 bits per heavy atom. The van der Waals surface area contributed by atoms with Crippen molar-refractivity contribution in [3.05, 3.63) is 54.4 Å². The number of rotatable bonds is 8. The lowest BCUT2D eigenvalue weighted by molar-refractivity contribution is 0.102. The van der Waals surface area contributed by atoms with Gasteiger partial charge >= 0.3 is 0 Å². The van der Waals surface area contributed by atoms with Gasteiger partial charge in [0.15, 0.2) is 16.8 Å². The highest BCUT2D eigenvalue weighted by Crippen LogP contribution is 2.41. The average Bonchev–Trinajstić information content (AvgIpc) is 3.33. The van der Waals surface area contributed by atoms with Crippen LogP contribution in [-0.4, -0.2) is 57.1 Å². The maximum Gasteiger partial charge on any atom is 0.243 e. The number of nitrogens with zero attached hydrogens (tertiary/aromatic N) is 5. The molecule has 1 aromatic carbocycles. The smallest absolute Gasteiger partial charge is 0.243 e. The molecule has 8 nitrogen and oxygen atoms in total. The van der Waals surface area contributed by atoms with Crippen LogP contribution in [0.5, 0.6) is 0 Å². The van der Waals surface area contributed by atoms with Crippen LogP contribution in [0.25, 0.3) is 11.4 Å². The number of hydrogen-bond acceptors (Lipinski definition) is 7. The van der Waals surface area contributed by atoms with Crippen LogP contribution in [0.3, 0.4) is 0 Å². The van der Waals surface area contributed by atoms with Gasteiger partial charge in [-0.15, -0.1) is 10.2 Å². The Labute approximate surface area is 191 Å². The van der Waals surface area contributed by atoms with E-state index in [9.17, 15) is 13.2 Å². The summed E-state index contributed by atoms with van der Waals surface area (Å²) in [5.41, 5.74) is 1.44. The number of aromatic nitrogens is 4. The van der Waals surface area contributed by atoms with Crippen molar-refractivity contribution in [3.63, 3.8) is 0 Å². The maximum atomic E-state index is 12.8. The molecular weight excluding hydrogens is 446 g/mol. The summed E-state index contributed by atoms with van der Waals surface area (Å²) in [6, 6.07) is 10.4. The van der Waals surface area contributed by atoms with Gasteiger partial charge in [0.25, 0.3) is 0 Å². The molecule has 3 aromatic rings. The second-order valence-corrected chi connectivity index (χ2v) is 10.9. The topological polar surface area (TPSA) is 98.0 Å². The van der Waals surface area contributed by atoms with E-state index in [1.54, 1.807) is 24.5 Å². The van der Waals surface area contributed by atoms with Crippen molar-refractivity contribution in [2.45, 2.75) is 41.8 Å². The molecule has 32 heavy (non-hydrogen) atoms. The van der Waals surface area contributed by atoms with E-state index in [0.29, 0.717) is 24.7 Å². The molecule has 5 rings (SSSR count). The molecule has 1 aliphatic heterocycles. The summed E-state index contributed by atoms with van der Waals surface area (Å²) in [5, 5.41) is 9.41. The van der Waals surface area contributed by atoms with Gasteiger partial charge in [-0.1, -0.05) is 23.9 Å². The van der Waals surface area contributed by atoms with Crippen molar-refractivity contribution in [1.29, 1.82) is 0 Å². The minimum atomic E-state index is -3.48. The summed E-state index contributed by atoms with van der Waals surface area (Å²) in [6.45, 7) is 1.12. The number of thioether (sulfide) groups is 1. The number of pyridine rings is 1. The van der Waals surface area contributed by atoms with Gasteiger partial charge in [-0.3, -0.25) is 14.3 Å². The Bertz CT molecular complexity index is 1220. The lowest BCUT2D eigenvalue weighted by atomic mass is 10.1. The lowest BCUT2D eigenvalue weighted by Crippen LogP contribution is -2.27. The molecule has 0 spiro atoms. The largest absolute Gasteiger partial charge is 0.299 e. The Morgan fingerprint density at radius 2 is 1.69 bits per heavy atom. The van der Waals surface area contributed by atoms with E-state index in [1.807, 2.05) is 12.1 Å². The van der Waals surface area contributed by atoms with Gasteiger partial charge < -0.3 is 0 Å². The maximum absolute atomic E-state index is 12.8. The van der Waals surface area contributed by atoms with E-state index in [-0.39, 0.29) is 16.4 Å². The zero-order valence-corrected chi connectivity index (χ0v) is 19.1. The predicted octanol–water partition coefficient (Wildman–Crippen LogP) is 3.43. The highest BCUT2D eigenvalue weighted by molar-refractivity contribution is 7.99. The predicted molar refractivity (Wildman–Crippen MR) is 121 cm³/mol. The molecule has 0 amide bonds. The molecule has 3 heterocycles. The molecule has 2 aromatic heterocycles. The second-order valence-electron chi connectivity index (χ2n) is 7.99. The minimum absolute atomic E-state index is 0.0732. The molecule has 0 bridgehead atoms. The zero-order chi connectivity index (χ0) is 22.1. The molecule has 10 heteroatoms. The van der Waals surface area contributed by atoms with Crippen LogP contribution in [-0.2, 0) is 10.0 Å². The first kappa shape index (κ1) is 21.3. The molecule has 2 aliphatic rings. The van der Waals surface area contributed by atoms with Gasteiger partial charge in [0.1, 0.15) is 0 Å². The normalized spacial score (nSPS) is 17.0. The summed E-state index contributed by atoms with van der Waals surface area (Å²) in [6.07, 6.45) is 7.38. The first-order valence-electron chi connectivity index (χ1n) is 10.7. The average molecular weight is 470 g/mol. The summed E-state index contributed by atoms with van der Waals surface area (Å²) in [7, 11) is -3.48. The standard InChI is InChI=1S/C22H23N5O3S2/c28-20(16-3-7-19(8-4-16)32(29,30)26-13-1-2-14-26)15-31-22-25-24-21(27(22)18-5-6-18)17-9-11-23-12-10-17/h3-4,7-12,18H,1-2,5-6,13-15H2. The third-order valence-electron chi connectivity index (χ3n) is 5.73. The number of Topliss-reactive ketones (excluding diaryl/α,β-unsaturated/α-hetero) is 1. The first-order chi connectivity index (χ1) is 15.5. The van der Waals surface area contributed by atoms with Gasteiger partial charge in [-0.25, -0.2) is 8.42 Å². The Morgan fingerprint density at radius 3 is 2.34 bits per heavy atom. The highest BCUT2D eigenvalue weighted by Gasteiger charge is 2.31. The van der Waals surface area contributed by atoms with Gasteiger partial charge in [-0.2, -0.15) is 4.31 Å². The van der Waals surface area contributed by atoms with Crippen LogP contribution in [0.2, 0.25) is 0 Å². The fraction of sp³-hybridized carbons (Fsp3) is 0.364. The molecule has 0 unspecified atom stereocenters. The Balaban J connectivity index is 1.29. The van der Waals surface area contributed by atoms with Gasteiger partial charge in [0.2, 0.25) is 10.0 Å². The molecule has 0 atom stereocenters. The van der Waals surface area contributed by atoms with Crippen molar-refractivity contribution >= 4 is 27.6 Å². The van der Waals surface area contributed by atoms with Crippen LogP contribution >= 0.6 is 11.8 Å². The minimum Gasteiger partial charge on any atom is -0.299 e. The number of sulfonamides is 1. The first-order valence-corrected chi connectivity index (χ1v) is 13.1. The third-order valence-corrected chi connectivity index (χ3v) is 8.58. The molecule has 1 aliphatic carbocycles. The molecule has 2 fully saturated rings. The van der Waals surface area contributed by atoms with Crippen LogP contribution in [0.4, 0.5) is 0 Å².